The van der Waals surface area contributed by atoms with E-state index in [1.54, 1.807) is 6.92 Å². The van der Waals surface area contributed by atoms with Crippen molar-refractivity contribution in [3.8, 4) is 0 Å². The van der Waals surface area contributed by atoms with Crippen LogP contribution in [0.1, 0.15) is 19.8 Å². The molecular weight excluding hydrogens is 184 g/mol. The van der Waals surface area contributed by atoms with Crippen molar-refractivity contribution in [3.63, 3.8) is 0 Å². The number of aliphatic carboxylic acids is 1. The van der Waals surface area contributed by atoms with Gasteiger partial charge in [0.15, 0.2) is 0 Å². The maximum Gasteiger partial charge on any atom is 0.335 e. The quantitative estimate of drug-likeness (QED) is 0.642. The largest absolute Gasteiger partial charge is 0.478 e. The molecule has 0 spiro atoms. The van der Waals surface area contributed by atoms with Crippen molar-refractivity contribution in [2.75, 3.05) is 6.54 Å². The van der Waals surface area contributed by atoms with Gasteiger partial charge in [0, 0.05) is 12.2 Å². The number of allylic oxidation sites excluding steroid dienone is 1. The molecule has 0 bridgehead atoms. The van der Waals surface area contributed by atoms with E-state index in [0.29, 0.717) is 24.2 Å². The van der Waals surface area contributed by atoms with E-state index in [1.807, 2.05) is 0 Å². The first-order valence-electron chi connectivity index (χ1n) is 4.65. The Bertz CT molecular complexity index is 335. The molecule has 0 saturated carbocycles. The van der Waals surface area contributed by atoms with Gasteiger partial charge in [-0.1, -0.05) is 0 Å². The molecule has 1 atom stereocenters. The monoisotopic (exact) mass is 196 g/mol. The zero-order valence-corrected chi connectivity index (χ0v) is 7.91. The molecule has 1 fully saturated rings. The summed E-state index contributed by atoms with van der Waals surface area (Å²) in [4.78, 5) is 24.0. The summed E-state index contributed by atoms with van der Waals surface area (Å²) in [6.45, 7) is 2.33. The Hall–Kier alpha value is -1.52. The molecule has 2 rings (SSSR count). The second kappa shape index (κ2) is 3.01. The molecule has 1 unspecified atom stereocenters. The van der Waals surface area contributed by atoms with Gasteiger partial charge in [-0.2, -0.15) is 0 Å². The van der Waals surface area contributed by atoms with Crippen LogP contribution in [0.3, 0.4) is 0 Å². The summed E-state index contributed by atoms with van der Waals surface area (Å²) in [5.41, 5.74) is 1.02. The Morgan fingerprint density at radius 2 is 2.36 bits per heavy atom. The summed E-state index contributed by atoms with van der Waals surface area (Å²) in [7, 11) is 0. The van der Waals surface area contributed by atoms with E-state index in [2.05, 4.69) is 5.32 Å². The van der Waals surface area contributed by atoms with E-state index in [1.165, 1.54) is 4.90 Å². The van der Waals surface area contributed by atoms with Crippen LogP contribution in [0.4, 0.5) is 4.79 Å². The van der Waals surface area contributed by atoms with Crippen LogP contribution in [0.15, 0.2) is 11.3 Å². The van der Waals surface area contributed by atoms with Crippen LogP contribution >= 0.6 is 0 Å². The molecule has 14 heavy (non-hydrogen) atoms. The van der Waals surface area contributed by atoms with E-state index in [4.69, 9.17) is 5.11 Å². The van der Waals surface area contributed by atoms with E-state index in [0.717, 1.165) is 6.42 Å². The highest BCUT2D eigenvalue weighted by Crippen LogP contribution is 2.29. The normalized spacial score (nSPS) is 26.2. The Morgan fingerprint density at radius 3 is 3.00 bits per heavy atom. The summed E-state index contributed by atoms with van der Waals surface area (Å²) in [6, 6.07) is -0.556. The van der Waals surface area contributed by atoms with E-state index in [9.17, 15) is 9.59 Å². The minimum atomic E-state index is -0.931. The lowest BCUT2D eigenvalue weighted by Crippen LogP contribution is -2.49. The average Bonchev–Trinajstić information content (AvgIpc) is 2.51. The predicted molar refractivity (Wildman–Crippen MR) is 48.6 cm³/mol. The molecule has 2 aliphatic rings. The lowest BCUT2D eigenvalue weighted by atomic mass is 10.0. The minimum absolute atomic E-state index is 0.171. The number of carboxylic acids is 1. The summed E-state index contributed by atoms with van der Waals surface area (Å²) < 4.78 is 0. The van der Waals surface area contributed by atoms with Gasteiger partial charge in [-0.3, -0.25) is 4.90 Å². The van der Waals surface area contributed by atoms with Crippen LogP contribution in [0, 0.1) is 0 Å². The standard InChI is InChI=1S/C9H12N2O3/c1-5-7(8(12)13)6-3-2-4-11(6)9(14)10-5/h5H,2-4H2,1H3,(H,10,14)(H,12,13). The Balaban J connectivity index is 2.46. The number of nitrogens with zero attached hydrogens (tertiary/aromatic N) is 1. The van der Waals surface area contributed by atoms with Crippen molar-refractivity contribution in [2.45, 2.75) is 25.8 Å². The molecule has 2 heterocycles. The summed E-state index contributed by atoms with van der Waals surface area (Å²) >= 11 is 0. The molecule has 5 heteroatoms. The van der Waals surface area contributed by atoms with Gasteiger partial charge < -0.3 is 10.4 Å². The van der Waals surface area contributed by atoms with Crippen LogP contribution in [-0.4, -0.2) is 34.6 Å². The predicted octanol–water partition coefficient (Wildman–Crippen LogP) is 0.533. The smallest absolute Gasteiger partial charge is 0.335 e. The molecular formula is C9H12N2O3. The van der Waals surface area contributed by atoms with Gasteiger partial charge in [0.05, 0.1) is 11.6 Å². The fourth-order valence-corrected chi connectivity index (χ4v) is 2.07. The zero-order valence-electron chi connectivity index (χ0n) is 7.91. The second-order valence-corrected chi connectivity index (χ2v) is 3.59. The molecule has 2 amide bonds. The fourth-order valence-electron chi connectivity index (χ4n) is 2.07. The third-order valence-corrected chi connectivity index (χ3v) is 2.68. The molecule has 0 radical (unpaired) electrons. The lowest BCUT2D eigenvalue weighted by molar-refractivity contribution is -0.133. The van der Waals surface area contributed by atoms with Gasteiger partial charge in [0.25, 0.3) is 0 Å². The van der Waals surface area contributed by atoms with Crippen molar-refractivity contribution in [3.05, 3.63) is 11.3 Å². The molecule has 2 N–H and O–H groups in total. The highest BCUT2D eigenvalue weighted by molar-refractivity contribution is 5.93. The van der Waals surface area contributed by atoms with Crippen molar-refractivity contribution in [2.24, 2.45) is 0 Å². The second-order valence-electron chi connectivity index (χ2n) is 3.59. The van der Waals surface area contributed by atoms with Crippen LogP contribution in [0.25, 0.3) is 0 Å². The number of nitrogens with one attached hydrogen (secondary N) is 1. The minimum Gasteiger partial charge on any atom is -0.478 e. The number of carboxylic acid groups (broad SMARTS) is 1. The Kier molecular flexibility index (Phi) is 1.94. The first-order valence-corrected chi connectivity index (χ1v) is 4.65. The van der Waals surface area contributed by atoms with Crippen LogP contribution in [-0.2, 0) is 4.79 Å². The number of rotatable bonds is 1. The molecule has 0 aromatic carbocycles. The number of amides is 2. The molecule has 1 saturated heterocycles. The Morgan fingerprint density at radius 1 is 1.64 bits per heavy atom. The number of hydrogen-bond acceptors (Lipinski definition) is 2. The van der Waals surface area contributed by atoms with Gasteiger partial charge in [-0.15, -0.1) is 0 Å². The van der Waals surface area contributed by atoms with E-state index >= 15 is 0 Å². The highest BCUT2D eigenvalue weighted by atomic mass is 16.4. The summed E-state index contributed by atoms with van der Waals surface area (Å²) in [5.74, 6) is -0.931. The van der Waals surface area contributed by atoms with Gasteiger partial charge in [-0.25, -0.2) is 9.59 Å². The molecule has 0 aromatic rings. The van der Waals surface area contributed by atoms with Gasteiger partial charge in [0.1, 0.15) is 0 Å². The maximum absolute atomic E-state index is 11.4. The SMILES string of the molecule is CC1NC(=O)N2CCCC2=C1C(=O)O. The molecule has 0 aromatic heterocycles. The highest BCUT2D eigenvalue weighted by Gasteiger charge is 2.36. The van der Waals surface area contributed by atoms with E-state index < -0.39 is 5.97 Å². The zero-order chi connectivity index (χ0) is 10.3. The topological polar surface area (TPSA) is 69.6 Å². The number of urea groups is 1. The average molecular weight is 196 g/mol. The maximum atomic E-state index is 11.4. The van der Waals surface area contributed by atoms with Crippen LogP contribution in [0.5, 0.6) is 0 Å². The van der Waals surface area contributed by atoms with Gasteiger partial charge in [0.2, 0.25) is 0 Å². The first kappa shape index (κ1) is 9.05. The molecule has 2 aliphatic heterocycles. The number of carbonyl (C=O) groups is 2. The van der Waals surface area contributed by atoms with E-state index in [-0.39, 0.29) is 12.1 Å². The van der Waals surface area contributed by atoms with Crippen molar-refractivity contribution in [1.82, 2.24) is 10.2 Å². The van der Waals surface area contributed by atoms with Gasteiger partial charge >= 0.3 is 12.0 Å². The first-order chi connectivity index (χ1) is 6.61. The van der Waals surface area contributed by atoms with Gasteiger partial charge in [-0.05, 0) is 19.8 Å². The Labute approximate surface area is 81.4 Å². The molecule has 5 nitrogen and oxygen atoms in total. The number of hydrogen-bond donors (Lipinski definition) is 2. The van der Waals surface area contributed by atoms with Crippen molar-refractivity contribution < 1.29 is 14.7 Å². The van der Waals surface area contributed by atoms with Crippen LogP contribution < -0.4 is 5.32 Å². The third-order valence-electron chi connectivity index (χ3n) is 2.68. The third kappa shape index (κ3) is 1.16. The van der Waals surface area contributed by atoms with Crippen LogP contribution in [0.2, 0.25) is 0 Å². The van der Waals surface area contributed by atoms with Crippen molar-refractivity contribution in [1.29, 1.82) is 0 Å². The number of fused-ring (bicyclic) bond motifs is 1. The summed E-state index contributed by atoms with van der Waals surface area (Å²) in [5, 5.41) is 11.6. The molecule has 0 aliphatic carbocycles. The summed E-state index contributed by atoms with van der Waals surface area (Å²) in [6.07, 6.45) is 1.55. The number of carbonyl (C=O) groups excluding carboxylic acids is 1. The fraction of sp³-hybridized carbons (Fsp3) is 0.556. The van der Waals surface area contributed by atoms with Crippen molar-refractivity contribution >= 4 is 12.0 Å². The lowest BCUT2D eigenvalue weighted by Gasteiger charge is -2.30. The molecule has 76 valence electrons.